The van der Waals surface area contributed by atoms with Gasteiger partial charge in [-0.1, -0.05) is 11.6 Å². The SMILES string of the molecule is CN1CCC(=C2c3cc(CC(=O)O)ccc3OCc3ccsc32)CC1.Cl. The summed E-state index contributed by atoms with van der Waals surface area (Å²) < 4.78 is 6.05. The third-order valence-corrected chi connectivity index (χ3v) is 5.94. The second kappa shape index (κ2) is 7.82. The van der Waals surface area contributed by atoms with Gasteiger partial charge in [0.05, 0.1) is 6.42 Å². The molecule has 4 nitrogen and oxygen atoms in total. The van der Waals surface area contributed by atoms with Crippen LogP contribution in [-0.2, 0) is 17.8 Å². The van der Waals surface area contributed by atoms with Crippen molar-refractivity contribution in [3.8, 4) is 5.75 Å². The number of benzene rings is 1. The van der Waals surface area contributed by atoms with Gasteiger partial charge in [-0.15, -0.1) is 23.7 Å². The predicted octanol–water partition coefficient (Wildman–Crippen LogP) is 4.22. The number of nitrogens with zero attached hydrogens (tertiary/aromatic N) is 1. The van der Waals surface area contributed by atoms with Crippen LogP contribution >= 0.6 is 23.7 Å². The second-order valence-electron chi connectivity index (χ2n) is 6.75. The Morgan fingerprint density at radius 3 is 2.77 bits per heavy atom. The maximum absolute atomic E-state index is 11.1. The van der Waals surface area contributed by atoms with Crippen molar-refractivity contribution in [2.24, 2.45) is 0 Å². The van der Waals surface area contributed by atoms with Gasteiger partial charge in [-0.25, -0.2) is 0 Å². The summed E-state index contributed by atoms with van der Waals surface area (Å²) in [7, 11) is 2.16. The van der Waals surface area contributed by atoms with Gasteiger partial charge in [0.15, 0.2) is 0 Å². The highest BCUT2D eigenvalue weighted by Crippen LogP contribution is 2.43. The summed E-state index contributed by atoms with van der Waals surface area (Å²) in [5.41, 5.74) is 5.83. The molecule has 0 unspecified atom stereocenters. The largest absolute Gasteiger partial charge is 0.488 e. The van der Waals surface area contributed by atoms with Crippen LogP contribution in [-0.4, -0.2) is 36.1 Å². The first-order chi connectivity index (χ1) is 12.1. The summed E-state index contributed by atoms with van der Waals surface area (Å²) in [6, 6.07) is 7.95. The molecule has 2 aromatic rings. The molecule has 4 rings (SSSR count). The maximum atomic E-state index is 11.1. The maximum Gasteiger partial charge on any atom is 0.307 e. The molecule has 0 aliphatic carbocycles. The van der Waals surface area contributed by atoms with E-state index in [2.05, 4.69) is 23.4 Å². The van der Waals surface area contributed by atoms with Crippen LogP contribution in [0.15, 0.2) is 35.2 Å². The molecule has 138 valence electrons. The van der Waals surface area contributed by atoms with E-state index in [4.69, 9.17) is 9.84 Å². The van der Waals surface area contributed by atoms with E-state index in [1.54, 1.807) is 11.3 Å². The molecule has 0 bridgehead atoms. The van der Waals surface area contributed by atoms with Gasteiger partial charge in [0.25, 0.3) is 0 Å². The Balaban J connectivity index is 0.00000196. The molecule has 0 spiro atoms. The van der Waals surface area contributed by atoms with E-state index >= 15 is 0 Å². The molecule has 26 heavy (non-hydrogen) atoms. The number of fused-ring (bicyclic) bond motifs is 2. The Labute approximate surface area is 163 Å². The third kappa shape index (κ3) is 3.65. The number of halogens is 1. The van der Waals surface area contributed by atoms with Crippen molar-refractivity contribution in [1.29, 1.82) is 0 Å². The molecule has 1 aromatic carbocycles. The molecule has 1 N–H and O–H groups in total. The highest BCUT2D eigenvalue weighted by molar-refractivity contribution is 7.11. The Hall–Kier alpha value is -1.82. The van der Waals surface area contributed by atoms with Crippen molar-refractivity contribution in [1.82, 2.24) is 4.90 Å². The molecular weight excluding hydrogens is 370 g/mol. The lowest BCUT2D eigenvalue weighted by Gasteiger charge is -2.26. The van der Waals surface area contributed by atoms with E-state index in [0.717, 1.165) is 42.8 Å². The summed E-state index contributed by atoms with van der Waals surface area (Å²) in [4.78, 5) is 14.8. The molecule has 0 atom stereocenters. The summed E-state index contributed by atoms with van der Waals surface area (Å²) in [6.45, 7) is 2.69. The second-order valence-corrected chi connectivity index (χ2v) is 7.66. The average Bonchev–Trinajstić information content (AvgIpc) is 2.98. The first-order valence-corrected chi connectivity index (χ1v) is 9.45. The van der Waals surface area contributed by atoms with Crippen LogP contribution in [0, 0.1) is 0 Å². The molecule has 2 aliphatic rings. The Morgan fingerprint density at radius 1 is 1.27 bits per heavy atom. The van der Waals surface area contributed by atoms with Crippen molar-refractivity contribution in [2.75, 3.05) is 20.1 Å². The fourth-order valence-corrected chi connectivity index (χ4v) is 4.64. The lowest BCUT2D eigenvalue weighted by Crippen LogP contribution is -2.26. The van der Waals surface area contributed by atoms with Crippen molar-refractivity contribution >= 4 is 35.3 Å². The van der Waals surface area contributed by atoms with Gasteiger partial charge >= 0.3 is 5.97 Å². The summed E-state index contributed by atoms with van der Waals surface area (Å²) in [5.74, 6) is 0.0544. The lowest BCUT2D eigenvalue weighted by molar-refractivity contribution is -0.136. The average molecular weight is 392 g/mol. The van der Waals surface area contributed by atoms with E-state index in [-0.39, 0.29) is 18.8 Å². The van der Waals surface area contributed by atoms with Crippen LogP contribution in [0.3, 0.4) is 0 Å². The third-order valence-electron chi connectivity index (χ3n) is 4.97. The van der Waals surface area contributed by atoms with E-state index < -0.39 is 5.97 Å². The first-order valence-electron chi connectivity index (χ1n) is 8.57. The first kappa shape index (κ1) is 19.0. The van der Waals surface area contributed by atoms with Gasteiger partial charge in [-0.2, -0.15) is 0 Å². The number of aliphatic carboxylic acids is 1. The summed E-state index contributed by atoms with van der Waals surface area (Å²) in [5, 5.41) is 11.3. The van der Waals surface area contributed by atoms with Gasteiger partial charge in [-0.05, 0) is 49.0 Å². The predicted molar refractivity (Wildman–Crippen MR) is 106 cm³/mol. The van der Waals surface area contributed by atoms with E-state index in [9.17, 15) is 4.79 Å². The zero-order valence-corrected chi connectivity index (χ0v) is 16.3. The fourth-order valence-electron chi connectivity index (χ4n) is 3.62. The number of piperidine rings is 1. The van der Waals surface area contributed by atoms with Crippen LogP contribution in [0.4, 0.5) is 0 Å². The van der Waals surface area contributed by atoms with Gasteiger partial charge in [0.1, 0.15) is 12.4 Å². The molecule has 1 aromatic heterocycles. The summed E-state index contributed by atoms with van der Waals surface area (Å²) in [6.07, 6.45) is 2.13. The minimum atomic E-state index is -0.806. The molecule has 1 fully saturated rings. The number of likely N-dealkylation sites (tertiary alicyclic amines) is 1. The van der Waals surface area contributed by atoms with Gasteiger partial charge in [0, 0.05) is 34.7 Å². The van der Waals surface area contributed by atoms with E-state index in [1.807, 2.05) is 18.2 Å². The number of ether oxygens (including phenoxy) is 1. The van der Waals surface area contributed by atoms with Crippen molar-refractivity contribution in [3.05, 3.63) is 56.8 Å². The monoisotopic (exact) mass is 391 g/mol. The normalized spacial score (nSPS) is 16.8. The van der Waals surface area contributed by atoms with Crippen molar-refractivity contribution < 1.29 is 14.6 Å². The standard InChI is InChI=1S/C20H21NO3S.ClH/c1-21-7-4-14(5-8-21)19-16-10-13(11-18(22)23)2-3-17(16)24-12-15-6-9-25-20(15)19;/h2-3,6,9-10H,4-5,7-8,11-12H2,1H3,(H,22,23);1H. The highest BCUT2D eigenvalue weighted by atomic mass is 35.5. The molecule has 0 amide bonds. The van der Waals surface area contributed by atoms with E-state index in [1.165, 1.54) is 21.6 Å². The molecule has 1 saturated heterocycles. The van der Waals surface area contributed by atoms with Crippen LogP contribution in [0.5, 0.6) is 5.75 Å². The van der Waals surface area contributed by atoms with Gasteiger partial charge < -0.3 is 14.7 Å². The molecule has 0 radical (unpaired) electrons. The number of hydrogen-bond donors (Lipinski definition) is 1. The molecule has 6 heteroatoms. The number of thiophene rings is 1. The topological polar surface area (TPSA) is 49.8 Å². The highest BCUT2D eigenvalue weighted by Gasteiger charge is 2.25. The zero-order valence-electron chi connectivity index (χ0n) is 14.7. The molecule has 2 aliphatic heterocycles. The van der Waals surface area contributed by atoms with Crippen molar-refractivity contribution in [2.45, 2.75) is 25.9 Å². The van der Waals surface area contributed by atoms with Gasteiger partial charge in [0.2, 0.25) is 0 Å². The van der Waals surface area contributed by atoms with Crippen molar-refractivity contribution in [3.63, 3.8) is 0 Å². The number of carboxylic acid groups (broad SMARTS) is 1. The Kier molecular flexibility index (Phi) is 5.70. The minimum absolute atomic E-state index is 0. The molecule has 0 saturated carbocycles. The number of hydrogen-bond acceptors (Lipinski definition) is 4. The summed E-state index contributed by atoms with van der Waals surface area (Å²) >= 11 is 1.76. The van der Waals surface area contributed by atoms with Crippen LogP contribution in [0.1, 0.15) is 34.4 Å². The minimum Gasteiger partial charge on any atom is -0.488 e. The van der Waals surface area contributed by atoms with E-state index in [0.29, 0.717) is 6.61 Å². The van der Waals surface area contributed by atoms with Gasteiger partial charge in [-0.3, -0.25) is 4.79 Å². The fraction of sp³-hybridized carbons (Fsp3) is 0.350. The number of carbonyl (C=O) groups is 1. The molecular formula is C20H22ClNO3S. The van der Waals surface area contributed by atoms with Crippen LogP contribution in [0.2, 0.25) is 0 Å². The Morgan fingerprint density at radius 2 is 2.04 bits per heavy atom. The van der Waals surface area contributed by atoms with Crippen LogP contribution in [0.25, 0.3) is 5.57 Å². The number of rotatable bonds is 2. The van der Waals surface area contributed by atoms with Crippen LogP contribution < -0.4 is 4.74 Å². The lowest BCUT2D eigenvalue weighted by atomic mass is 9.90. The smallest absolute Gasteiger partial charge is 0.307 e. The zero-order chi connectivity index (χ0) is 17.4. The quantitative estimate of drug-likeness (QED) is 0.832. The number of carboxylic acids is 1. The molecule has 3 heterocycles. The Bertz CT molecular complexity index is 848.